The molecule has 0 amide bonds. The monoisotopic (exact) mass is 289 g/mol. The van der Waals surface area contributed by atoms with Crippen LogP contribution in [0.5, 0.6) is 0 Å². The van der Waals surface area contributed by atoms with Gasteiger partial charge in [0.15, 0.2) is 0 Å². The summed E-state index contributed by atoms with van der Waals surface area (Å²) < 4.78 is 1.89. The molecule has 106 valence electrons. The number of rotatable bonds is 2. The lowest BCUT2D eigenvalue weighted by atomic mass is 9.78. The van der Waals surface area contributed by atoms with Gasteiger partial charge in [0.05, 0.1) is 16.4 Å². The first kappa shape index (κ1) is 13.7. The van der Waals surface area contributed by atoms with E-state index in [-0.39, 0.29) is 6.04 Å². The number of halogens is 1. The van der Waals surface area contributed by atoms with Crippen LogP contribution in [0.1, 0.15) is 35.0 Å². The van der Waals surface area contributed by atoms with E-state index in [1.807, 2.05) is 18.7 Å². The van der Waals surface area contributed by atoms with Crippen molar-refractivity contribution in [1.82, 2.24) is 9.78 Å². The quantitative estimate of drug-likeness (QED) is 0.923. The Bertz CT molecular complexity index is 633. The molecule has 2 N–H and O–H groups in total. The summed E-state index contributed by atoms with van der Waals surface area (Å²) in [5.74, 6) is 0.428. The summed E-state index contributed by atoms with van der Waals surface area (Å²) >= 11 is 6.36. The van der Waals surface area contributed by atoms with Gasteiger partial charge in [0.25, 0.3) is 0 Å². The smallest absolute Gasteiger partial charge is 0.0847 e. The van der Waals surface area contributed by atoms with Gasteiger partial charge in [-0.1, -0.05) is 35.9 Å². The summed E-state index contributed by atoms with van der Waals surface area (Å²) in [5, 5.41) is 5.18. The fourth-order valence-electron chi connectivity index (χ4n) is 3.24. The number of nitrogens with two attached hydrogens (primary N) is 1. The second kappa shape index (κ2) is 5.23. The van der Waals surface area contributed by atoms with Gasteiger partial charge in [-0.2, -0.15) is 5.10 Å². The van der Waals surface area contributed by atoms with Crippen LogP contribution in [-0.4, -0.2) is 9.78 Å². The van der Waals surface area contributed by atoms with Gasteiger partial charge in [0.1, 0.15) is 0 Å². The van der Waals surface area contributed by atoms with Crippen molar-refractivity contribution in [2.24, 2.45) is 18.7 Å². The Kier molecular flexibility index (Phi) is 3.57. The van der Waals surface area contributed by atoms with Gasteiger partial charge in [-0.25, -0.2) is 0 Å². The lowest BCUT2D eigenvalue weighted by molar-refractivity contribution is 0.368. The molecule has 0 fully saturated rings. The molecule has 1 aromatic heterocycles. The van der Waals surface area contributed by atoms with Crippen LogP contribution in [0.2, 0.25) is 5.02 Å². The minimum absolute atomic E-state index is 0.0891. The highest BCUT2D eigenvalue weighted by Crippen LogP contribution is 2.36. The average molecular weight is 290 g/mol. The highest BCUT2D eigenvalue weighted by Gasteiger charge is 2.28. The molecule has 0 aliphatic heterocycles. The molecule has 2 aromatic rings. The normalized spacial score (nSPS) is 21.8. The third-order valence-corrected chi connectivity index (χ3v) is 4.92. The summed E-state index contributed by atoms with van der Waals surface area (Å²) in [5.41, 5.74) is 11.2. The molecule has 0 bridgehead atoms. The molecular weight excluding hydrogens is 270 g/mol. The van der Waals surface area contributed by atoms with Crippen LogP contribution < -0.4 is 5.73 Å². The summed E-state index contributed by atoms with van der Waals surface area (Å²) in [6.07, 6.45) is 3.10. The fraction of sp³-hybridized carbons (Fsp3) is 0.438. The molecular formula is C16H20ClN3. The van der Waals surface area contributed by atoms with E-state index in [1.165, 1.54) is 11.1 Å². The maximum absolute atomic E-state index is 6.47. The van der Waals surface area contributed by atoms with E-state index >= 15 is 0 Å². The molecule has 1 aliphatic rings. The predicted octanol–water partition coefficient (Wildman–Crippen LogP) is 3.19. The molecule has 1 aliphatic carbocycles. The zero-order chi connectivity index (χ0) is 14.3. The third kappa shape index (κ3) is 2.25. The lowest BCUT2D eigenvalue weighted by Crippen LogP contribution is -2.29. The summed E-state index contributed by atoms with van der Waals surface area (Å²) in [6, 6.07) is 8.59. The molecule has 3 rings (SSSR count). The highest BCUT2D eigenvalue weighted by molar-refractivity contribution is 6.31. The van der Waals surface area contributed by atoms with Crippen molar-refractivity contribution in [1.29, 1.82) is 0 Å². The molecule has 2 atom stereocenters. The molecule has 0 radical (unpaired) electrons. The first-order chi connectivity index (χ1) is 9.58. The van der Waals surface area contributed by atoms with Crippen LogP contribution in [-0.2, 0) is 19.9 Å². The number of aryl methyl sites for hydroxylation is 3. The van der Waals surface area contributed by atoms with Gasteiger partial charge in [-0.3, -0.25) is 4.68 Å². The van der Waals surface area contributed by atoms with Gasteiger partial charge in [0.2, 0.25) is 0 Å². The van der Waals surface area contributed by atoms with E-state index in [2.05, 4.69) is 29.4 Å². The van der Waals surface area contributed by atoms with Gasteiger partial charge in [-0.05, 0) is 43.2 Å². The number of hydrogen-bond acceptors (Lipinski definition) is 2. The lowest BCUT2D eigenvalue weighted by Gasteiger charge is -2.31. The number of fused-ring (bicyclic) bond motifs is 1. The van der Waals surface area contributed by atoms with E-state index in [0.29, 0.717) is 5.92 Å². The topological polar surface area (TPSA) is 43.8 Å². The van der Waals surface area contributed by atoms with Crippen molar-refractivity contribution in [2.45, 2.75) is 32.2 Å². The van der Waals surface area contributed by atoms with Crippen molar-refractivity contribution >= 4 is 11.6 Å². The highest BCUT2D eigenvalue weighted by atomic mass is 35.5. The Hall–Kier alpha value is -1.32. The van der Waals surface area contributed by atoms with E-state index in [0.717, 1.165) is 35.7 Å². The molecule has 0 spiro atoms. The number of nitrogens with zero attached hydrogens (tertiary/aromatic N) is 2. The van der Waals surface area contributed by atoms with Crippen LogP contribution in [0.3, 0.4) is 0 Å². The molecule has 4 heteroatoms. The SMILES string of the molecule is Cc1nn(C)c(CC2CCc3ccccc3C2N)c1Cl. The zero-order valence-corrected chi connectivity index (χ0v) is 12.7. The molecule has 2 unspecified atom stereocenters. The van der Waals surface area contributed by atoms with Crippen LogP contribution in [0.25, 0.3) is 0 Å². The van der Waals surface area contributed by atoms with Crippen LogP contribution >= 0.6 is 11.6 Å². The van der Waals surface area contributed by atoms with E-state index in [4.69, 9.17) is 17.3 Å². The number of aromatic nitrogens is 2. The average Bonchev–Trinajstić information content (AvgIpc) is 2.68. The first-order valence-corrected chi connectivity index (χ1v) is 7.47. The van der Waals surface area contributed by atoms with E-state index < -0.39 is 0 Å². The Morgan fingerprint density at radius 1 is 1.40 bits per heavy atom. The van der Waals surface area contributed by atoms with Crippen molar-refractivity contribution < 1.29 is 0 Å². The second-order valence-electron chi connectivity index (χ2n) is 5.70. The summed E-state index contributed by atoms with van der Waals surface area (Å²) in [7, 11) is 1.95. The van der Waals surface area contributed by atoms with Gasteiger partial charge in [0, 0.05) is 13.1 Å². The largest absolute Gasteiger partial charge is 0.324 e. The molecule has 20 heavy (non-hydrogen) atoms. The zero-order valence-electron chi connectivity index (χ0n) is 11.9. The fourth-order valence-corrected chi connectivity index (χ4v) is 3.48. The van der Waals surface area contributed by atoms with Crippen molar-refractivity contribution in [3.63, 3.8) is 0 Å². The van der Waals surface area contributed by atoms with Crippen LogP contribution in [0, 0.1) is 12.8 Å². The van der Waals surface area contributed by atoms with E-state index in [9.17, 15) is 0 Å². The Labute approximate surface area is 124 Å². The Balaban J connectivity index is 1.86. The molecule has 0 saturated carbocycles. The summed E-state index contributed by atoms with van der Waals surface area (Å²) in [4.78, 5) is 0. The molecule has 3 nitrogen and oxygen atoms in total. The van der Waals surface area contributed by atoms with Crippen molar-refractivity contribution in [2.75, 3.05) is 0 Å². The third-order valence-electron chi connectivity index (χ3n) is 4.42. The maximum atomic E-state index is 6.47. The Morgan fingerprint density at radius 2 is 2.15 bits per heavy atom. The van der Waals surface area contributed by atoms with E-state index in [1.54, 1.807) is 0 Å². The molecule has 0 saturated heterocycles. The minimum Gasteiger partial charge on any atom is -0.324 e. The second-order valence-corrected chi connectivity index (χ2v) is 6.08. The predicted molar refractivity (Wildman–Crippen MR) is 81.8 cm³/mol. The van der Waals surface area contributed by atoms with Gasteiger partial charge in [-0.15, -0.1) is 0 Å². The van der Waals surface area contributed by atoms with Crippen LogP contribution in [0.4, 0.5) is 0 Å². The Morgan fingerprint density at radius 3 is 2.85 bits per heavy atom. The van der Waals surface area contributed by atoms with Crippen LogP contribution in [0.15, 0.2) is 24.3 Å². The minimum atomic E-state index is 0.0891. The van der Waals surface area contributed by atoms with Crippen molar-refractivity contribution in [3.05, 3.63) is 51.8 Å². The first-order valence-electron chi connectivity index (χ1n) is 7.09. The maximum Gasteiger partial charge on any atom is 0.0847 e. The molecule has 1 aromatic carbocycles. The number of benzene rings is 1. The van der Waals surface area contributed by atoms with Crippen molar-refractivity contribution in [3.8, 4) is 0 Å². The summed E-state index contributed by atoms with van der Waals surface area (Å²) in [6.45, 7) is 1.95. The molecule has 1 heterocycles. The number of hydrogen-bond donors (Lipinski definition) is 1. The van der Waals surface area contributed by atoms with Gasteiger partial charge < -0.3 is 5.73 Å². The van der Waals surface area contributed by atoms with Gasteiger partial charge >= 0.3 is 0 Å². The standard InChI is InChI=1S/C16H20ClN3/c1-10-15(17)14(20(2)19-10)9-12-8-7-11-5-3-4-6-13(11)16(12)18/h3-6,12,16H,7-9,18H2,1-2H3.